The highest BCUT2D eigenvalue weighted by Gasteiger charge is 2.05. The molecule has 0 rings (SSSR count). The summed E-state index contributed by atoms with van der Waals surface area (Å²) in [7, 11) is 0. The molecule has 0 aliphatic carbocycles. The molecule has 0 aromatic rings. The fraction of sp³-hybridized carbons (Fsp3) is 0.625. The fourth-order valence-electron chi connectivity index (χ4n) is 0.576. The summed E-state index contributed by atoms with van der Waals surface area (Å²) >= 11 is 0. The van der Waals surface area contributed by atoms with Crippen molar-refractivity contribution in [1.82, 2.24) is 5.32 Å². The Kier molecular flexibility index (Phi) is 6.09. The van der Waals surface area contributed by atoms with E-state index < -0.39 is 12.6 Å². The standard InChI is InChI=1S/C8H15NO3/c1-3-4-5-12-7(2)8(11)9-6-10/h10H,2-6H2,1H3,(H,9,11). The molecule has 0 saturated heterocycles. The van der Waals surface area contributed by atoms with Gasteiger partial charge >= 0.3 is 0 Å². The molecule has 0 aromatic heterocycles. The van der Waals surface area contributed by atoms with E-state index in [0.717, 1.165) is 12.8 Å². The third-order valence-corrected chi connectivity index (χ3v) is 1.27. The Bertz CT molecular complexity index is 156. The first-order valence-corrected chi connectivity index (χ1v) is 3.93. The van der Waals surface area contributed by atoms with Crippen molar-refractivity contribution in [1.29, 1.82) is 0 Å². The van der Waals surface area contributed by atoms with Crippen LogP contribution >= 0.6 is 0 Å². The molecule has 2 N–H and O–H groups in total. The second-order valence-corrected chi connectivity index (χ2v) is 2.29. The zero-order valence-corrected chi connectivity index (χ0v) is 7.30. The summed E-state index contributed by atoms with van der Waals surface area (Å²) in [5, 5.41) is 10.5. The molecule has 0 saturated carbocycles. The lowest BCUT2D eigenvalue weighted by molar-refractivity contribution is -0.121. The van der Waals surface area contributed by atoms with Crippen molar-refractivity contribution in [3.05, 3.63) is 12.3 Å². The maximum Gasteiger partial charge on any atom is 0.287 e. The Balaban J connectivity index is 3.50. The summed E-state index contributed by atoms with van der Waals surface area (Å²) < 4.78 is 4.98. The first-order valence-electron chi connectivity index (χ1n) is 3.93. The van der Waals surface area contributed by atoms with Crippen LogP contribution < -0.4 is 5.32 Å². The summed E-state index contributed by atoms with van der Waals surface area (Å²) in [5.41, 5.74) is 0. The van der Waals surface area contributed by atoms with Gasteiger partial charge in [-0.05, 0) is 6.42 Å². The fourth-order valence-corrected chi connectivity index (χ4v) is 0.576. The van der Waals surface area contributed by atoms with E-state index in [-0.39, 0.29) is 5.76 Å². The highest BCUT2D eigenvalue weighted by Crippen LogP contribution is 1.96. The number of hydrogen-bond donors (Lipinski definition) is 2. The van der Waals surface area contributed by atoms with Crippen LogP contribution in [0.2, 0.25) is 0 Å². The van der Waals surface area contributed by atoms with Crippen LogP contribution in [0.1, 0.15) is 19.8 Å². The van der Waals surface area contributed by atoms with Gasteiger partial charge < -0.3 is 15.2 Å². The van der Waals surface area contributed by atoms with E-state index >= 15 is 0 Å². The predicted molar refractivity (Wildman–Crippen MR) is 45.2 cm³/mol. The van der Waals surface area contributed by atoms with Gasteiger partial charge in [-0.2, -0.15) is 0 Å². The molecule has 0 bridgehead atoms. The number of aliphatic hydroxyl groups excluding tert-OH is 1. The zero-order valence-electron chi connectivity index (χ0n) is 7.30. The van der Waals surface area contributed by atoms with E-state index in [1.807, 2.05) is 6.92 Å². The molecule has 4 heteroatoms. The van der Waals surface area contributed by atoms with Gasteiger partial charge in [-0.3, -0.25) is 4.79 Å². The summed E-state index contributed by atoms with van der Waals surface area (Å²) in [4.78, 5) is 10.8. The molecule has 0 aliphatic rings. The second kappa shape index (κ2) is 6.67. The van der Waals surface area contributed by atoms with E-state index in [0.29, 0.717) is 6.61 Å². The molecule has 70 valence electrons. The highest BCUT2D eigenvalue weighted by molar-refractivity contribution is 5.90. The largest absolute Gasteiger partial charge is 0.488 e. The number of aliphatic hydroxyl groups is 1. The maximum atomic E-state index is 10.8. The quantitative estimate of drug-likeness (QED) is 0.264. The summed E-state index contributed by atoms with van der Waals surface area (Å²) in [5.74, 6) is -0.411. The molecular weight excluding hydrogens is 158 g/mol. The van der Waals surface area contributed by atoms with Crippen LogP contribution in [0.4, 0.5) is 0 Å². The Morgan fingerprint density at radius 3 is 2.83 bits per heavy atom. The SMILES string of the molecule is C=C(OCCCC)C(=O)NCO. The lowest BCUT2D eigenvalue weighted by Crippen LogP contribution is -2.26. The Morgan fingerprint density at radius 2 is 2.33 bits per heavy atom. The van der Waals surface area contributed by atoms with Crippen molar-refractivity contribution in [3.63, 3.8) is 0 Å². The van der Waals surface area contributed by atoms with Gasteiger partial charge in [0.25, 0.3) is 5.91 Å². The van der Waals surface area contributed by atoms with E-state index in [1.165, 1.54) is 0 Å². The first-order chi connectivity index (χ1) is 5.72. The topological polar surface area (TPSA) is 58.6 Å². The number of hydrogen-bond acceptors (Lipinski definition) is 3. The lowest BCUT2D eigenvalue weighted by Gasteiger charge is -2.06. The van der Waals surface area contributed by atoms with Gasteiger partial charge in [0.2, 0.25) is 0 Å². The van der Waals surface area contributed by atoms with Crippen LogP contribution in [0.15, 0.2) is 12.3 Å². The number of carbonyl (C=O) groups excluding carboxylic acids is 1. The van der Waals surface area contributed by atoms with Crippen LogP contribution in [-0.4, -0.2) is 24.4 Å². The number of carbonyl (C=O) groups is 1. The molecule has 0 aromatic carbocycles. The third-order valence-electron chi connectivity index (χ3n) is 1.27. The lowest BCUT2D eigenvalue weighted by atomic mass is 10.4. The second-order valence-electron chi connectivity index (χ2n) is 2.29. The van der Waals surface area contributed by atoms with Gasteiger partial charge in [0.1, 0.15) is 6.73 Å². The average molecular weight is 173 g/mol. The molecule has 1 amide bonds. The minimum Gasteiger partial charge on any atom is -0.488 e. The molecule has 0 unspecified atom stereocenters. The van der Waals surface area contributed by atoms with E-state index in [4.69, 9.17) is 9.84 Å². The van der Waals surface area contributed by atoms with Gasteiger partial charge in [0.05, 0.1) is 6.61 Å². The Hall–Kier alpha value is -1.03. The number of unbranched alkanes of at least 4 members (excludes halogenated alkanes) is 1. The zero-order chi connectivity index (χ0) is 9.40. The van der Waals surface area contributed by atoms with Crippen molar-refractivity contribution in [3.8, 4) is 0 Å². The van der Waals surface area contributed by atoms with Crippen LogP contribution in [0.3, 0.4) is 0 Å². The molecule has 0 heterocycles. The van der Waals surface area contributed by atoms with Gasteiger partial charge in [0.15, 0.2) is 5.76 Å². The number of amides is 1. The Labute approximate surface area is 72.2 Å². The van der Waals surface area contributed by atoms with E-state index in [9.17, 15) is 4.79 Å². The van der Waals surface area contributed by atoms with Crippen molar-refractivity contribution in [2.75, 3.05) is 13.3 Å². The van der Waals surface area contributed by atoms with Crippen molar-refractivity contribution >= 4 is 5.91 Å². The van der Waals surface area contributed by atoms with Crippen LogP contribution in [-0.2, 0) is 9.53 Å². The maximum absolute atomic E-state index is 10.8. The van der Waals surface area contributed by atoms with Crippen LogP contribution in [0.5, 0.6) is 0 Å². The van der Waals surface area contributed by atoms with E-state index in [1.54, 1.807) is 0 Å². The minimum atomic E-state index is -0.464. The molecular formula is C8H15NO3. The van der Waals surface area contributed by atoms with Gasteiger partial charge in [0, 0.05) is 0 Å². The monoisotopic (exact) mass is 173 g/mol. The highest BCUT2D eigenvalue weighted by atomic mass is 16.5. The predicted octanol–water partition coefficient (Wildman–Crippen LogP) is 0.383. The van der Waals surface area contributed by atoms with Crippen molar-refractivity contribution in [2.24, 2.45) is 0 Å². The first kappa shape index (κ1) is 11.0. The van der Waals surface area contributed by atoms with Gasteiger partial charge in [-0.15, -0.1) is 0 Å². The molecule has 12 heavy (non-hydrogen) atoms. The molecule has 0 fully saturated rings. The Morgan fingerprint density at radius 1 is 1.67 bits per heavy atom. The van der Waals surface area contributed by atoms with Crippen molar-refractivity contribution in [2.45, 2.75) is 19.8 Å². The number of rotatable bonds is 6. The van der Waals surface area contributed by atoms with E-state index in [2.05, 4.69) is 11.9 Å². The van der Waals surface area contributed by atoms with Gasteiger partial charge in [-0.25, -0.2) is 0 Å². The number of ether oxygens (including phenoxy) is 1. The molecule has 0 radical (unpaired) electrons. The summed E-state index contributed by atoms with van der Waals surface area (Å²) in [6.45, 7) is 5.53. The van der Waals surface area contributed by atoms with Crippen LogP contribution in [0.25, 0.3) is 0 Å². The third kappa shape index (κ3) is 4.73. The van der Waals surface area contributed by atoms with Crippen LogP contribution in [0, 0.1) is 0 Å². The van der Waals surface area contributed by atoms with Crippen molar-refractivity contribution < 1.29 is 14.6 Å². The normalized spacial score (nSPS) is 9.17. The summed E-state index contributed by atoms with van der Waals surface area (Å²) in [6.07, 6.45) is 1.90. The number of nitrogens with one attached hydrogen (secondary N) is 1. The molecule has 0 atom stereocenters. The van der Waals surface area contributed by atoms with Gasteiger partial charge in [-0.1, -0.05) is 19.9 Å². The summed E-state index contributed by atoms with van der Waals surface area (Å²) in [6, 6.07) is 0. The molecule has 0 spiro atoms. The minimum absolute atomic E-state index is 0.0532. The average Bonchev–Trinajstić information content (AvgIpc) is 2.05. The smallest absolute Gasteiger partial charge is 0.287 e. The molecule has 4 nitrogen and oxygen atoms in total. The molecule has 0 aliphatic heterocycles.